The van der Waals surface area contributed by atoms with Gasteiger partial charge in [-0.25, -0.2) is 0 Å². The van der Waals surface area contributed by atoms with Gasteiger partial charge in [0, 0.05) is 5.56 Å². The first-order valence-electron chi connectivity index (χ1n) is 6.80. The summed E-state index contributed by atoms with van der Waals surface area (Å²) in [6, 6.07) is 25.0. The van der Waals surface area contributed by atoms with Crippen molar-refractivity contribution in [1.82, 2.24) is 0 Å². The van der Waals surface area contributed by atoms with Crippen LogP contribution in [0.5, 0.6) is 0 Å². The molecule has 0 amide bonds. The molecule has 0 saturated carbocycles. The molecule has 0 heterocycles. The van der Waals surface area contributed by atoms with Gasteiger partial charge in [-0.3, -0.25) is 0 Å². The van der Waals surface area contributed by atoms with Gasteiger partial charge in [0.25, 0.3) is 0 Å². The number of benzene rings is 3. The van der Waals surface area contributed by atoms with Gasteiger partial charge in [-0.1, -0.05) is 60.7 Å². The third-order valence-electron chi connectivity index (χ3n) is 3.21. The van der Waals surface area contributed by atoms with E-state index >= 15 is 0 Å². The molecule has 0 spiro atoms. The first-order valence-corrected chi connectivity index (χ1v) is 6.80. The number of hydrogen-bond donors (Lipinski definition) is 0. The molecule has 0 aromatic heterocycles. The summed E-state index contributed by atoms with van der Waals surface area (Å²) in [7, 11) is 0. The molecule has 22 heavy (non-hydrogen) atoms. The van der Waals surface area contributed by atoms with E-state index in [2.05, 4.69) is 21.5 Å². The van der Waals surface area contributed by atoms with Crippen molar-refractivity contribution in [2.24, 2.45) is 15.4 Å². The Morgan fingerprint density at radius 1 is 0.818 bits per heavy atom. The zero-order valence-corrected chi connectivity index (χ0v) is 11.7. The molecule has 4 heteroatoms. The summed E-state index contributed by atoms with van der Waals surface area (Å²) in [5, 5.41) is 23.1. The average Bonchev–Trinajstić information content (AvgIpc) is 2.59. The van der Waals surface area contributed by atoms with Crippen LogP contribution < -0.4 is 0 Å². The highest BCUT2D eigenvalue weighted by atomic mass is 15.4. The zero-order valence-electron chi connectivity index (χ0n) is 11.7. The first kappa shape index (κ1) is 13.7. The van der Waals surface area contributed by atoms with Crippen LogP contribution in [-0.4, -0.2) is 5.71 Å². The van der Waals surface area contributed by atoms with Gasteiger partial charge in [0.05, 0.1) is 5.69 Å². The lowest BCUT2D eigenvalue weighted by molar-refractivity contribution is 1.06. The zero-order chi connectivity index (χ0) is 15.2. The first-order chi connectivity index (χ1) is 10.9. The summed E-state index contributed by atoms with van der Waals surface area (Å²) in [4.78, 5) is 0. The number of hydrogen-bond acceptors (Lipinski definition) is 3. The standard InChI is InChI=1S/C18H12N4/c19-13-18(21-22-20-15-9-2-1-3-10-15)17-12-6-8-14-7-4-5-11-16(14)17/h1-12H/b21-18-,22-20?. The van der Waals surface area contributed by atoms with E-state index in [1.807, 2.05) is 72.8 Å². The summed E-state index contributed by atoms with van der Waals surface area (Å²) in [6.07, 6.45) is 0. The van der Waals surface area contributed by atoms with E-state index in [0.717, 1.165) is 16.3 Å². The fraction of sp³-hybridized carbons (Fsp3) is 0. The molecule has 0 aliphatic heterocycles. The lowest BCUT2D eigenvalue weighted by Crippen LogP contribution is -1.97. The quantitative estimate of drug-likeness (QED) is 0.385. The molecular formula is C18H12N4. The van der Waals surface area contributed by atoms with Gasteiger partial charge in [-0.05, 0) is 28.1 Å². The average molecular weight is 284 g/mol. The molecule has 0 saturated heterocycles. The van der Waals surface area contributed by atoms with E-state index in [9.17, 15) is 5.26 Å². The second-order valence-corrected chi connectivity index (χ2v) is 4.61. The van der Waals surface area contributed by atoms with Gasteiger partial charge in [-0.15, -0.1) is 10.2 Å². The number of rotatable bonds is 3. The van der Waals surface area contributed by atoms with Crippen molar-refractivity contribution in [3.05, 3.63) is 78.4 Å². The summed E-state index contributed by atoms with van der Waals surface area (Å²) in [5.41, 5.74) is 1.70. The second kappa shape index (κ2) is 6.42. The highest BCUT2D eigenvalue weighted by Crippen LogP contribution is 2.19. The van der Waals surface area contributed by atoms with Crippen molar-refractivity contribution in [1.29, 1.82) is 5.26 Å². The van der Waals surface area contributed by atoms with E-state index in [1.54, 1.807) is 0 Å². The van der Waals surface area contributed by atoms with Gasteiger partial charge in [0.2, 0.25) is 0 Å². The summed E-state index contributed by atoms with van der Waals surface area (Å²) < 4.78 is 0. The largest absolute Gasteiger partial charge is 0.191 e. The Morgan fingerprint density at radius 3 is 2.36 bits per heavy atom. The van der Waals surface area contributed by atoms with Crippen LogP contribution in [0.1, 0.15) is 5.56 Å². The molecule has 0 atom stereocenters. The maximum Gasteiger partial charge on any atom is 0.172 e. The molecule has 3 aromatic carbocycles. The van der Waals surface area contributed by atoms with Gasteiger partial charge in [0.15, 0.2) is 5.71 Å². The number of nitriles is 1. The molecule has 0 aliphatic rings. The SMILES string of the molecule is N#C/C(=N/N=Nc1ccccc1)c1cccc2ccccc12. The molecule has 0 fully saturated rings. The predicted molar refractivity (Wildman–Crippen MR) is 87.1 cm³/mol. The third-order valence-corrected chi connectivity index (χ3v) is 3.21. The summed E-state index contributed by atoms with van der Waals surface area (Å²) in [6.45, 7) is 0. The van der Waals surface area contributed by atoms with Crippen LogP contribution >= 0.6 is 0 Å². The van der Waals surface area contributed by atoms with Crippen molar-refractivity contribution in [3.63, 3.8) is 0 Å². The smallest absolute Gasteiger partial charge is 0.172 e. The third kappa shape index (κ3) is 2.89. The summed E-state index contributed by atoms with van der Waals surface area (Å²) >= 11 is 0. The Hall–Kier alpha value is -3.32. The predicted octanol–water partition coefficient (Wildman–Crippen LogP) is 4.85. The minimum Gasteiger partial charge on any atom is -0.191 e. The van der Waals surface area contributed by atoms with Crippen molar-refractivity contribution in [3.8, 4) is 6.07 Å². The maximum absolute atomic E-state index is 9.35. The molecule has 0 unspecified atom stereocenters. The van der Waals surface area contributed by atoms with Crippen LogP contribution in [0.15, 0.2) is 88.2 Å². The molecule has 0 aliphatic carbocycles. The van der Waals surface area contributed by atoms with Gasteiger partial charge in [-0.2, -0.15) is 5.26 Å². The minimum absolute atomic E-state index is 0.247. The molecule has 0 bridgehead atoms. The number of nitrogens with zero attached hydrogens (tertiary/aromatic N) is 4. The molecule has 104 valence electrons. The fourth-order valence-electron chi connectivity index (χ4n) is 2.18. The lowest BCUT2D eigenvalue weighted by Gasteiger charge is -2.02. The van der Waals surface area contributed by atoms with Crippen molar-refractivity contribution < 1.29 is 0 Å². The highest BCUT2D eigenvalue weighted by molar-refractivity contribution is 6.18. The Labute approximate surface area is 128 Å². The van der Waals surface area contributed by atoms with Crippen molar-refractivity contribution in [2.45, 2.75) is 0 Å². The molecule has 3 rings (SSSR count). The van der Waals surface area contributed by atoms with E-state index in [0.29, 0.717) is 5.69 Å². The highest BCUT2D eigenvalue weighted by Gasteiger charge is 2.07. The van der Waals surface area contributed by atoms with Crippen LogP contribution in [-0.2, 0) is 0 Å². The van der Waals surface area contributed by atoms with E-state index in [-0.39, 0.29) is 5.71 Å². The van der Waals surface area contributed by atoms with E-state index in [1.165, 1.54) is 0 Å². The molecule has 0 N–H and O–H groups in total. The van der Waals surface area contributed by atoms with Crippen molar-refractivity contribution >= 4 is 22.2 Å². The Morgan fingerprint density at radius 2 is 1.55 bits per heavy atom. The van der Waals surface area contributed by atoms with Crippen LogP contribution in [0.3, 0.4) is 0 Å². The monoisotopic (exact) mass is 284 g/mol. The normalized spacial score (nSPS) is 11.7. The van der Waals surface area contributed by atoms with Crippen LogP contribution in [0.2, 0.25) is 0 Å². The van der Waals surface area contributed by atoms with E-state index in [4.69, 9.17) is 0 Å². The molecule has 3 aromatic rings. The Bertz CT molecular complexity index is 884. The van der Waals surface area contributed by atoms with Crippen LogP contribution in [0.4, 0.5) is 5.69 Å². The second-order valence-electron chi connectivity index (χ2n) is 4.61. The fourth-order valence-corrected chi connectivity index (χ4v) is 2.18. The lowest BCUT2D eigenvalue weighted by atomic mass is 10.0. The number of fused-ring (bicyclic) bond motifs is 1. The Kier molecular flexibility index (Phi) is 3.98. The van der Waals surface area contributed by atoms with Crippen molar-refractivity contribution in [2.75, 3.05) is 0 Å². The van der Waals surface area contributed by atoms with Gasteiger partial charge in [0.1, 0.15) is 6.07 Å². The minimum atomic E-state index is 0.247. The maximum atomic E-state index is 9.35. The summed E-state index contributed by atoms with van der Waals surface area (Å²) in [5.74, 6) is 0. The van der Waals surface area contributed by atoms with E-state index < -0.39 is 0 Å². The molecule has 0 radical (unpaired) electrons. The molecular weight excluding hydrogens is 272 g/mol. The van der Waals surface area contributed by atoms with Crippen LogP contribution in [0.25, 0.3) is 10.8 Å². The Balaban J connectivity index is 1.98. The van der Waals surface area contributed by atoms with Gasteiger partial charge < -0.3 is 0 Å². The van der Waals surface area contributed by atoms with Crippen LogP contribution in [0, 0.1) is 11.3 Å². The topological polar surface area (TPSA) is 60.9 Å². The van der Waals surface area contributed by atoms with Gasteiger partial charge >= 0.3 is 0 Å². The molecule has 4 nitrogen and oxygen atoms in total.